The summed E-state index contributed by atoms with van der Waals surface area (Å²) >= 11 is 0. The van der Waals surface area contributed by atoms with Crippen LogP contribution in [0.2, 0.25) is 0 Å². The molecule has 2 aromatic rings. The molecule has 0 amide bonds. The maximum Gasteiger partial charge on any atom is 0.191 e. The van der Waals surface area contributed by atoms with Crippen LogP contribution in [-0.2, 0) is 26.1 Å². The summed E-state index contributed by atoms with van der Waals surface area (Å²) in [5.74, 6) is 2.88. The lowest BCUT2D eigenvalue weighted by Crippen LogP contribution is -2.46. The van der Waals surface area contributed by atoms with Gasteiger partial charge in [-0.3, -0.25) is 4.99 Å². The number of nitrogens with zero attached hydrogens (tertiary/aromatic N) is 5. The Morgan fingerprint density at radius 2 is 2.17 bits per heavy atom. The summed E-state index contributed by atoms with van der Waals surface area (Å²) in [5, 5.41) is 11.5. The fourth-order valence-corrected chi connectivity index (χ4v) is 3.46. The van der Waals surface area contributed by atoms with Gasteiger partial charge in [0, 0.05) is 44.1 Å². The molecule has 3 rings (SSSR count). The highest BCUT2D eigenvalue weighted by atomic mass is 19.1. The van der Waals surface area contributed by atoms with Crippen molar-refractivity contribution in [2.45, 2.75) is 58.3 Å². The zero-order valence-electron chi connectivity index (χ0n) is 18.0. The van der Waals surface area contributed by atoms with E-state index in [-0.39, 0.29) is 11.9 Å². The van der Waals surface area contributed by atoms with E-state index < -0.39 is 0 Å². The second-order valence-electron chi connectivity index (χ2n) is 8.19. The first-order valence-electron chi connectivity index (χ1n) is 10.2. The molecule has 1 atom stereocenters. The molecule has 8 heteroatoms. The first-order valence-corrected chi connectivity index (χ1v) is 10.2. The van der Waals surface area contributed by atoms with Crippen LogP contribution in [0, 0.1) is 5.82 Å². The minimum Gasteiger partial charge on any atom is -0.352 e. The fraction of sp³-hybridized carbons (Fsp3) is 0.571. The molecule has 0 saturated heterocycles. The van der Waals surface area contributed by atoms with Gasteiger partial charge in [0.2, 0.25) is 0 Å². The number of hydrogen-bond donors (Lipinski definition) is 2. The van der Waals surface area contributed by atoms with Crippen LogP contribution in [0.15, 0.2) is 23.2 Å². The van der Waals surface area contributed by atoms with Gasteiger partial charge in [0.1, 0.15) is 11.6 Å². The van der Waals surface area contributed by atoms with Crippen LogP contribution in [0.4, 0.5) is 4.39 Å². The van der Waals surface area contributed by atoms with Crippen LogP contribution in [0.5, 0.6) is 0 Å². The average molecular weight is 402 g/mol. The van der Waals surface area contributed by atoms with E-state index in [0.29, 0.717) is 24.6 Å². The third-order valence-electron chi connectivity index (χ3n) is 5.01. The van der Waals surface area contributed by atoms with Gasteiger partial charge in [-0.2, -0.15) is 5.10 Å². The Bertz CT molecular complexity index is 857. The van der Waals surface area contributed by atoms with Crippen LogP contribution in [0.25, 0.3) is 0 Å². The van der Waals surface area contributed by atoms with Gasteiger partial charge in [0.05, 0.1) is 6.54 Å². The summed E-state index contributed by atoms with van der Waals surface area (Å²) in [6.45, 7) is 6.16. The second kappa shape index (κ2) is 9.35. The van der Waals surface area contributed by atoms with E-state index in [1.165, 1.54) is 6.07 Å². The zero-order chi connectivity index (χ0) is 21.0. The Hall–Kier alpha value is -2.48. The molecule has 1 aromatic heterocycles. The SMILES string of the molecule is CN=C(NCc1ccc(F)c(CN(C)C)c1)NC1CCc2nc(C(C)C)nn2C1. The molecule has 0 radical (unpaired) electrons. The molecular weight excluding hydrogens is 369 g/mol. The summed E-state index contributed by atoms with van der Waals surface area (Å²) in [4.78, 5) is 10.9. The molecule has 2 heterocycles. The van der Waals surface area contributed by atoms with Crippen molar-refractivity contribution in [2.75, 3.05) is 21.1 Å². The van der Waals surface area contributed by atoms with Gasteiger partial charge in [-0.25, -0.2) is 14.1 Å². The summed E-state index contributed by atoms with van der Waals surface area (Å²) in [5.41, 5.74) is 1.72. The van der Waals surface area contributed by atoms with Crippen LogP contribution in [-0.4, -0.2) is 52.8 Å². The van der Waals surface area contributed by atoms with Crippen molar-refractivity contribution in [1.82, 2.24) is 30.3 Å². The number of aryl methyl sites for hydroxylation is 1. The molecular formula is C21H32FN7. The Balaban J connectivity index is 1.57. The van der Waals surface area contributed by atoms with E-state index in [1.807, 2.05) is 35.8 Å². The summed E-state index contributed by atoms with van der Waals surface area (Å²) in [6, 6.07) is 5.50. The molecule has 29 heavy (non-hydrogen) atoms. The molecule has 0 bridgehead atoms. The molecule has 158 valence electrons. The summed E-state index contributed by atoms with van der Waals surface area (Å²) in [6.07, 6.45) is 1.89. The quantitative estimate of drug-likeness (QED) is 0.574. The molecule has 1 aliphatic rings. The van der Waals surface area contributed by atoms with Gasteiger partial charge in [0.25, 0.3) is 0 Å². The van der Waals surface area contributed by atoms with E-state index in [0.717, 1.165) is 42.6 Å². The minimum absolute atomic E-state index is 0.170. The van der Waals surface area contributed by atoms with E-state index in [1.54, 1.807) is 7.05 Å². The van der Waals surface area contributed by atoms with Crippen molar-refractivity contribution >= 4 is 5.96 Å². The third-order valence-corrected chi connectivity index (χ3v) is 5.01. The largest absolute Gasteiger partial charge is 0.352 e. The van der Waals surface area contributed by atoms with Crippen molar-refractivity contribution in [3.05, 3.63) is 46.8 Å². The maximum absolute atomic E-state index is 14.0. The molecule has 0 spiro atoms. The highest BCUT2D eigenvalue weighted by Gasteiger charge is 2.23. The number of halogens is 1. The van der Waals surface area contributed by atoms with Gasteiger partial charge in [-0.05, 0) is 38.2 Å². The van der Waals surface area contributed by atoms with Gasteiger partial charge in [-0.15, -0.1) is 0 Å². The highest BCUT2D eigenvalue weighted by Crippen LogP contribution is 2.17. The van der Waals surface area contributed by atoms with Crippen molar-refractivity contribution in [2.24, 2.45) is 4.99 Å². The number of aliphatic imine (C=N–C) groups is 1. The Morgan fingerprint density at radius 3 is 2.86 bits per heavy atom. The lowest BCUT2D eigenvalue weighted by molar-refractivity contribution is 0.391. The molecule has 1 aliphatic heterocycles. The predicted octanol–water partition coefficient (Wildman–Crippen LogP) is 2.28. The number of hydrogen-bond acceptors (Lipinski definition) is 4. The molecule has 1 unspecified atom stereocenters. The number of rotatable bonds is 6. The van der Waals surface area contributed by atoms with Crippen molar-refractivity contribution in [3.63, 3.8) is 0 Å². The topological polar surface area (TPSA) is 70.4 Å². The van der Waals surface area contributed by atoms with E-state index in [4.69, 9.17) is 0 Å². The van der Waals surface area contributed by atoms with Crippen molar-refractivity contribution in [1.29, 1.82) is 0 Å². The first kappa shape index (κ1) is 21.2. The van der Waals surface area contributed by atoms with Crippen LogP contribution >= 0.6 is 0 Å². The molecule has 0 saturated carbocycles. The lowest BCUT2D eigenvalue weighted by Gasteiger charge is -2.25. The average Bonchev–Trinajstić information content (AvgIpc) is 3.10. The van der Waals surface area contributed by atoms with Gasteiger partial charge in [0.15, 0.2) is 11.8 Å². The van der Waals surface area contributed by atoms with Gasteiger partial charge in [-0.1, -0.05) is 19.9 Å². The Labute approximate surface area is 172 Å². The Kier molecular flexibility index (Phi) is 6.84. The molecule has 0 aliphatic carbocycles. The number of aromatic nitrogens is 3. The summed E-state index contributed by atoms with van der Waals surface area (Å²) < 4.78 is 16.0. The molecule has 7 nitrogen and oxygen atoms in total. The van der Waals surface area contributed by atoms with E-state index in [9.17, 15) is 4.39 Å². The maximum atomic E-state index is 14.0. The number of benzene rings is 1. The first-order chi connectivity index (χ1) is 13.9. The van der Waals surface area contributed by atoms with Crippen LogP contribution < -0.4 is 10.6 Å². The number of guanidine groups is 1. The van der Waals surface area contributed by atoms with Crippen molar-refractivity contribution < 1.29 is 4.39 Å². The number of nitrogens with one attached hydrogen (secondary N) is 2. The molecule has 1 aromatic carbocycles. The minimum atomic E-state index is -0.170. The standard InChI is InChI=1S/C21H32FN7/c1-14(2)20-26-19-9-7-17(13-29(19)27-20)25-21(23-3)24-11-15-6-8-18(22)16(10-15)12-28(4)5/h6,8,10,14,17H,7,9,11-13H2,1-5H3,(H2,23,24,25). The lowest BCUT2D eigenvalue weighted by atomic mass is 10.1. The summed E-state index contributed by atoms with van der Waals surface area (Å²) in [7, 11) is 5.63. The normalized spacial score (nSPS) is 17.0. The van der Waals surface area contributed by atoms with E-state index >= 15 is 0 Å². The van der Waals surface area contributed by atoms with E-state index in [2.05, 4.69) is 39.6 Å². The second-order valence-corrected chi connectivity index (χ2v) is 8.19. The fourth-order valence-electron chi connectivity index (χ4n) is 3.46. The highest BCUT2D eigenvalue weighted by molar-refractivity contribution is 5.79. The number of fused-ring (bicyclic) bond motifs is 1. The predicted molar refractivity (Wildman–Crippen MR) is 113 cm³/mol. The van der Waals surface area contributed by atoms with Crippen LogP contribution in [0.3, 0.4) is 0 Å². The zero-order valence-corrected chi connectivity index (χ0v) is 18.0. The van der Waals surface area contributed by atoms with Gasteiger partial charge < -0.3 is 15.5 Å². The monoisotopic (exact) mass is 401 g/mol. The molecule has 2 N–H and O–H groups in total. The Morgan fingerprint density at radius 1 is 1.38 bits per heavy atom. The van der Waals surface area contributed by atoms with Crippen LogP contribution in [0.1, 0.15) is 49.0 Å². The molecule has 0 fully saturated rings. The third kappa shape index (κ3) is 5.53. The van der Waals surface area contributed by atoms with Crippen molar-refractivity contribution in [3.8, 4) is 0 Å². The van der Waals surface area contributed by atoms with Gasteiger partial charge >= 0.3 is 0 Å². The smallest absolute Gasteiger partial charge is 0.191 e.